The van der Waals surface area contributed by atoms with Crippen LogP contribution in [0.2, 0.25) is 0 Å². The Balaban J connectivity index is 2.53. The summed E-state index contributed by atoms with van der Waals surface area (Å²) in [4.78, 5) is 11.3. The molecule has 0 aliphatic carbocycles. The van der Waals surface area contributed by atoms with Gasteiger partial charge in [0, 0.05) is 13.1 Å². The van der Waals surface area contributed by atoms with E-state index in [0.717, 1.165) is 11.1 Å². The van der Waals surface area contributed by atoms with Crippen LogP contribution in [0.25, 0.3) is 11.1 Å². The number of nitrogens with zero attached hydrogens (tertiary/aromatic N) is 2. The average molecular weight is 217 g/mol. The molecule has 0 bridgehead atoms. The number of benzene rings is 1. The fourth-order valence-electron chi connectivity index (χ4n) is 1.60. The number of fused-ring (bicyclic) bond motifs is 1. The monoisotopic (exact) mass is 217 g/mol. The van der Waals surface area contributed by atoms with E-state index in [9.17, 15) is 4.79 Å². The van der Waals surface area contributed by atoms with E-state index >= 15 is 0 Å². The van der Waals surface area contributed by atoms with Crippen molar-refractivity contribution in [3.8, 4) is 6.07 Å². The van der Waals surface area contributed by atoms with Crippen molar-refractivity contribution in [2.45, 2.75) is 12.5 Å². The highest BCUT2D eigenvalue weighted by Crippen LogP contribution is 2.19. The van der Waals surface area contributed by atoms with Crippen LogP contribution in [0.1, 0.15) is 18.0 Å². The summed E-state index contributed by atoms with van der Waals surface area (Å²) in [6.07, 6.45) is 0.239. The zero-order valence-electron chi connectivity index (χ0n) is 8.80. The second-order valence-electron chi connectivity index (χ2n) is 3.62. The van der Waals surface area contributed by atoms with Crippen molar-refractivity contribution in [2.24, 2.45) is 12.8 Å². The third-order valence-corrected chi connectivity index (χ3v) is 2.56. The van der Waals surface area contributed by atoms with Crippen LogP contribution in [-0.4, -0.2) is 4.57 Å². The van der Waals surface area contributed by atoms with Crippen LogP contribution in [-0.2, 0) is 7.05 Å². The van der Waals surface area contributed by atoms with Gasteiger partial charge in [-0.1, -0.05) is 6.07 Å². The lowest BCUT2D eigenvalue weighted by molar-refractivity contribution is 0.527. The van der Waals surface area contributed by atoms with Gasteiger partial charge in [0.1, 0.15) is 0 Å². The van der Waals surface area contributed by atoms with E-state index < -0.39 is 5.76 Å². The van der Waals surface area contributed by atoms with Gasteiger partial charge in [0.2, 0.25) is 0 Å². The number of hydrogen-bond acceptors (Lipinski definition) is 4. The van der Waals surface area contributed by atoms with E-state index in [2.05, 4.69) is 0 Å². The summed E-state index contributed by atoms with van der Waals surface area (Å²) in [5, 5.41) is 8.55. The summed E-state index contributed by atoms with van der Waals surface area (Å²) >= 11 is 0. The smallest absolute Gasteiger partial charge is 0.408 e. The van der Waals surface area contributed by atoms with Crippen molar-refractivity contribution >= 4 is 11.1 Å². The van der Waals surface area contributed by atoms with E-state index in [0.29, 0.717) is 5.58 Å². The molecule has 1 aromatic heterocycles. The molecule has 82 valence electrons. The zero-order valence-corrected chi connectivity index (χ0v) is 8.80. The standard InChI is InChI=1S/C11H11N3O2/c1-14-9-3-2-7(8(13)4-5-12)6-10(9)16-11(14)15/h2-3,6,8H,4,13H2,1H3. The van der Waals surface area contributed by atoms with Crippen molar-refractivity contribution in [3.05, 3.63) is 34.3 Å². The predicted octanol–water partition coefficient (Wildman–Crippen LogP) is 1.04. The largest absolute Gasteiger partial charge is 0.419 e. The summed E-state index contributed by atoms with van der Waals surface area (Å²) in [5.74, 6) is -0.402. The molecule has 5 nitrogen and oxygen atoms in total. The van der Waals surface area contributed by atoms with Crippen molar-refractivity contribution in [2.75, 3.05) is 0 Å². The maximum Gasteiger partial charge on any atom is 0.419 e. The summed E-state index contributed by atoms with van der Waals surface area (Å²) < 4.78 is 6.46. The first-order chi connectivity index (χ1) is 7.63. The minimum Gasteiger partial charge on any atom is -0.408 e. The van der Waals surface area contributed by atoms with Gasteiger partial charge in [-0.3, -0.25) is 4.57 Å². The highest BCUT2D eigenvalue weighted by Gasteiger charge is 2.10. The minimum atomic E-state index is -0.402. The van der Waals surface area contributed by atoms with Gasteiger partial charge in [-0.2, -0.15) is 5.26 Å². The molecule has 0 saturated heterocycles. The Bertz CT molecular complexity index is 618. The van der Waals surface area contributed by atoms with Crippen LogP contribution in [0.5, 0.6) is 0 Å². The van der Waals surface area contributed by atoms with Gasteiger partial charge in [0.25, 0.3) is 0 Å². The van der Waals surface area contributed by atoms with Crippen LogP contribution < -0.4 is 11.5 Å². The minimum absolute atomic E-state index is 0.239. The van der Waals surface area contributed by atoms with Gasteiger partial charge >= 0.3 is 5.76 Å². The molecule has 0 saturated carbocycles. The Morgan fingerprint density at radius 3 is 3.06 bits per heavy atom. The molecule has 16 heavy (non-hydrogen) atoms. The zero-order chi connectivity index (χ0) is 11.7. The number of hydrogen-bond donors (Lipinski definition) is 1. The lowest BCUT2D eigenvalue weighted by Gasteiger charge is -2.06. The molecule has 1 unspecified atom stereocenters. The first-order valence-corrected chi connectivity index (χ1v) is 4.85. The molecule has 0 amide bonds. The molecule has 1 heterocycles. The molecule has 0 aliphatic rings. The molecule has 2 aromatic rings. The second-order valence-corrected chi connectivity index (χ2v) is 3.62. The van der Waals surface area contributed by atoms with Crippen LogP contribution in [0.4, 0.5) is 0 Å². The Morgan fingerprint density at radius 1 is 1.62 bits per heavy atom. The summed E-state index contributed by atoms with van der Waals surface area (Å²) in [6.45, 7) is 0. The van der Waals surface area contributed by atoms with E-state index in [1.165, 1.54) is 4.57 Å². The van der Waals surface area contributed by atoms with Crippen LogP contribution in [0.15, 0.2) is 27.4 Å². The molecule has 1 aromatic carbocycles. The maximum atomic E-state index is 11.3. The molecule has 0 spiro atoms. The number of aryl methyl sites for hydroxylation is 1. The summed E-state index contributed by atoms with van der Waals surface area (Å²) in [7, 11) is 1.64. The molecule has 2 N–H and O–H groups in total. The Labute approximate surface area is 91.7 Å². The lowest BCUT2D eigenvalue weighted by Crippen LogP contribution is -2.09. The van der Waals surface area contributed by atoms with Gasteiger partial charge in [-0.25, -0.2) is 4.79 Å². The number of nitriles is 1. The van der Waals surface area contributed by atoms with Crippen molar-refractivity contribution in [1.29, 1.82) is 5.26 Å². The van der Waals surface area contributed by atoms with Crippen molar-refractivity contribution in [1.82, 2.24) is 4.57 Å². The van der Waals surface area contributed by atoms with Crippen molar-refractivity contribution in [3.63, 3.8) is 0 Å². The molecule has 0 fully saturated rings. The van der Waals surface area contributed by atoms with Gasteiger partial charge in [-0.15, -0.1) is 0 Å². The molecule has 1 atom stereocenters. The normalized spacial score (nSPS) is 12.6. The summed E-state index contributed by atoms with van der Waals surface area (Å²) in [6, 6.07) is 6.94. The number of rotatable bonds is 2. The molecular formula is C11H11N3O2. The van der Waals surface area contributed by atoms with Crippen molar-refractivity contribution < 1.29 is 4.42 Å². The van der Waals surface area contributed by atoms with E-state index in [-0.39, 0.29) is 12.5 Å². The van der Waals surface area contributed by atoms with Gasteiger partial charge in [-0.05, 0) is 17.7 Å². The molecule has 2 rings (SSSR count). The van der Waals surface area contributed by atoms with Gasteiger partial charge < -0.3 is 10.2 Å². The highest BCUT2D eigenvalue weighted by molar-refractivity contribution is 5.73. The Morgan fingerprint density at radius 2 is 2.38 bits per heavy atom. The number of aromatic nitrogens is 1. The van der Waals surface area contributed by atoms with Crippen LogP contribution >= 0.6 is 0 Å². The fraction of sp³-hybridized carbons (Fsp3) is 0.273. The number of nitrogens with two attached hydrogens (primary N) is 1. The molecule has 0 radical (unpaired) electrons. The van der Waals surface area contributed by atoms with E-state index in [4.69, 9.17) is 15.4 Å². The predicted molar refractivity (Wildman–Crippen MR) is 58.6 cm³/mol. The Kier molecular flexibility index (Phi) is 2.50. The summed E-state index contributed by atoms with van der Waals surface area (Å²) in [5.41, 5.74) is 7.81. The lowest BCUT2D eigenvalue weighted by atomic mass is 10.1. The Hall–Kier alpha value is -2.06. The number of oxazole rings is 1. The SMILES string of the molecule is Cn1c(=O)oc2cc(C(N)CC#N)ccc21. The maximum absolute atomic E-state index is 11.3. The highest BCUT2D eigenvalue weighted by atomic mass is 16.4. The first-order valence-electron chi connectivity index (χ1n) is 4.85. The third-order valence-electron chi connectivity index (χ3n) is 2.56. The molecular weight excluding hydrogens is 206 g/mol. The van der Waals surface area contributed by atoms with Gasteiger partial charge in [0.05, 0.1) is 18.0 Å². The second kappa shape index (κ2) is 3.83. The quantitative estimate of drug-likeness (QED) is 0.814. The third kappa shape index (κ3) is 1.59. The van der Waals surface area contributed by atoms with E-state index in [1.807, 2.05) is 6.07 Å². The molecule has 5 heteroatoms. The average Bonchev–Trinajstić information content (AvgIpc) is 2.55. The topological polar surface area (TPSA) is 84.9 Å². The molecule has 0 aliphatic heterocycles. The van der Waals surface area contributed by atoms with Crippen LogP contribution in [0.3, 0.4) is 0 Å². The van der Waals surface area contributed by atoms with E-state index in [1.54, 1.807) is 25.2 Å². The first kappa shape index (κ1) is 10.5. The van der Waals surface area contributed by atoms with Gasteiger partial charge in [0.15, 0.2) is 5.58 Å². The fourth-order valence-corrected chi connectivity index (χ4v) is 1.60. The van der Waals surface area contributed by atoms with Crippen LogP contribution in [0, 0.1) is 11.3 Å².